The number of carboxylic acid groups (broad SMARTS) is 1. The first-order chi connectivity index (χ1) is 15.5. The lowest BCUT2D eigenvalue weighted by Crippen LogP contribution is -2.23. The van der Waals surface area contributed by atoms with Gasteiger partial charge in [0.05, 0.1) is 5.69 Å². The first kappa shape index (κ1) is 24.0. The largest absolute Gasteiger partial charge is 0.490 e. The van der Waals surface area contributed by atoms with Gasteiger partial charge in [0.15, 0.2) is 0 Å². The topological polar surface area (TPSA) is 107 Å². The van der Waals surface area contributed by atoms with Gasteiger partial charge in [0, 0.05) is 17.8 Å². The van der Waals surface area contributed by atoms with Gasteiger partial charge in [0.25, 0.3) is 5.91 Å². The molecule has 2 heterocycles. The molecule has 4 N–H and O–H groups in total. The van der Waals surface area contributed by atoms with Crippen LogP contribution in [-0.4, -0.2) is 39.9 Å². The Morgan fingerprint density at radius 3 is 2.45 bits per heavy atom. The van der Waals surface area contributed by atoms with Crippen LogP contribution in [0.25, 0.3) is 11.3 Å². The number of aromatic nitrogens is 2. The molecular formula is C23H23F3N4O3. The van der Waals surface area contributed by atoms with Crippen molar-refractivity contribution in [3.05, 3.63) is 70.4 Å². The molecule has 1 amide bonds. The first-order valence-electron chi connectivity index (χ1n) is 10.1. The molecule has 0 saturated carbocycles. The highest BCUT2D eigenvalue weighted by molar-refractivity contribution is 6.03. The second kappa shape index (κ2) is 9.86. The molecule has 1 aliphatic heterocycles. The summed E-state index contributed by atoms with van der Waals surface area (Å²) in [5.74, 6) is -2.94. The minimum atomic E-state index is -5.08. The van der Waals surface area contributed by atoms with Crippen molar-refractivity contribution in [2.24, 2.45) is 0 Å². The number of carboxylic acids is 1. The number of alkyl halides is 3. The number of aromatic amines is 1. The van der Waals surface area contributed by atoms with Crippen molar-refractivity contribution in [3.63, 3.8) is 0 Å². The van der Waals surface area contributed by atoms with Gasteiger partial charge in [-0.1, -0.05) is 29.8 Å². The molecule has 1 aromatic heterocycles. The zero-order chi connectivity index (χ0) is 24.2. The van der Waals surface area contributed by atoms with E-state index in [2.05, 4.69) is 58.9 Å². The Kier molecular flexibility index (Phi) is 7.17. The van der Waals surface area contributed by atoms with Gasteiger partial charge < -0.3 is 15.7 Å². The van der Waals surface area contributed by atoms with Crippen molar-refractivity contribution in [2.45, 2.75) is 33.0 Å². The third-order valence-corrected chi connectivity index (χ3v) is 5.07. The van der Waals surface area contributed by atoms with E-state index in [1.54, 1.807) is 6.07 Å². The van der Waals surface area contributed by atoms with Crippen LogP contribution in [0.15, 0.2) is 42.5 Å². The lowest BCUT2D eigenvalue weighted by Gasteiger charge is -2.17. The number of halogens is 3. The van der Waals surface area contributed by atoms with Crippen LogP contribution in [0.4, 0.5) is 18.9 Å². The third kappa shape index (κ3) is 6.19. The quantitative estimate of drug-likeness (QED) is 0.468. The standard InChI is InChI=1S/C21H22N4O.C2HF3O2/c1-13-3-6-18(14(2)9-13)19-11-20(25-24-19)21(26)23-17-5-4-16-12-22-8-7-15(16)10-17;3-2(4,5)1(6)7/h3-6,9-11,22H,7-8,12H2,1-2H3,(H,23,26)(H,24,25);(H,6,7). The number of benzene rings is 2. The number of fused-ring (bicyclic) bond motifs is 1. The maximum atomic E-state index is 12.6. The number of hydrogen-bond acceptors (Lipinski definition) is 4. The molecule has 0 spiro atoms. The summed E-state index contributed by atoms with van der Waals surface area (Å²) >= 11 is 0. The van der Waals surface area contributed by atoms with E-state index in [-0.39, 0.29) is 5.91 Å². The molecule has 33 heavy (non-hydrogen) atoms. The Morgan fingerprint density at radius 1 is 1.06 bits per heavy atom. The lowest BCUT2D eigenvalue weighted by atomic mass is 10.0. The van der Waals surface area contributed by atoms with E-state index < -0.39 is 12.1 Å². The number of amides is 1. The second-order valence-corrected chi connectivity index (χ2v) is 7.65. The van der Waals surface area contributed by atoms with E-state index in [9.17, 15) is 18.0 Å². The van der Waals surface area contributed by atoms with Crippen LogP contribution in [0, 0.1) is 13.8 Å². The van der Waals surface area contributed by atoms with Gasteiger partial charge in [-0.15, -0.1) is 0 Å². The number of aryl methyl sites for hydroxylation is 2. The molecule has 1 aliphatic rings. The Hall–Kier alpha value is -3.66. The third-order valence-electron chi connectivity index (χ3n) is 5.07. The molecule has 7 nitrogen and oxygen atoms in total. The zero-order valence-electron chi connectivity index (χ0n) is 18.0. The number of nitrogens with zero attached hydrogens (tertiary/aromatic N) is 1. The number of aliphatic carboxylic acids is 1. The molecule has 0 fully saturated rings. The number of carbonyl (C=O) groups is 2. The minimum Gasteiger partial charge on any atom is -0.475 e. The van der Waals surface area contributed by atoms with Crippen molar-refractivity contribution in [1.29, 1.82) is 0 Å². The predicted octanol–water partition coefficient (Wildman–Crippen LogP) is 4.22. The van der Waals surface area contributed by atoms with Gasteiger partial charge >= 0.3 is 12.1 Å². The average Bonchev–Trinajstić information content (AvgIpc) is 3.23. The fourth-order valence-corrected chi connectivity index (χ4v) is 3.43. The van der Waals surface area contributed by atoms with Gasteiger partial charge in [-0.3, -0.25) is 9.89 Å². The number of rotatable bonds is 3. The van der Waals surface area contributed by atoms with E-state index in [1.165, 1.54) is 16.7 Å². The van der Waals surface area contributed by atoms with Crippen molar-refractivity contribution in [1.82, 2.24) is 15.5 Å². The van der Waals surface area contributed by atoms with Crippen LogP contribution in [0.3, 0.4) is 0 Å². The highest BCUT2D eigenvalue weighted by Crippen LogP contribution is 2.24. The number of carbonyl (C=O) groups excluding carboxylic acids is 1. The van der Waals surface area contributed by atoms with Gasteiger partial charge in [0.2, 0.25) is 0 Å². The normalized spacial score (nSPS) is 12.9. The summed E-state index contributed by atoms with van der Waals surface area (Å²) in [7, 11) is 0. The fourth-order valence-electron chi connectivity index (χ4n) is 3.43. The summed E-state index contributed by atoms with van der Waals surface area (Å²) in [5.41, 5.74) is 8.04. The van der Waals surface area contributed by atoms with Gasteiger partial charge in [0.1, 0.15) is 5.69 Å². The second-order valence-electron chi connectivity index (χ2n) is 7.65. The first-order valence-corrected chi connectivity index (χ1v) is 10.1. The Labute approximate surface area is 188 Å². The van der Waals surface area contributed by atoms with Crippen molar-refractivity contribution in [2.75, 3.05) is 11.9 Å². The zero-order valence-corrected chi connectivity index (χ0v) is 18.0. The lowest BCUT2D eigenvalue weighted by molar-refractivity contribution is -0.192. The van der Waals surface area contributed by atoms with E-state index in [0.717, 1.165) is 42.0 Å². The Balaban J connectivity index is 0.000000383. The van der Waals surface area contributed by atoms with Gasteiger partial charge in [-0.25, -0.2) is 4.79 Å². The molecule has 3 aromatic rings. The predicted molar refractivity (Wildman–Crippen MR) is 117 cm³/mol. The number of anilines is 1. The minimum absolute atomic E-state index is 0.178. The summed E-state index contributed by atoms with van der Waals surface area (Å²) in [5, 5.41) is 20.6. The van der Waals surface area contributed by atoms with Crippen molar-refractivity contribution >= 4 is 17.6 Å². The molecule has 0 unspecified atom stereocenters. The smallest absolute Gasteiger partial charge is 0.475 e. The van der Waals surface area contributed by atoms with Gasteiger partial charge in [-0.05, 0) is 61.7 Å². The molecule has 4 rings (SSSR count). The summed E-state index contributed by atoms with van der Waals surface area (Å²) in [4.78, 5) is 21.5. The van der Waals surface area contributed by atoms with Crippen LogP contribution in [0.2, 0.25) is 0 Å². The van der Waals surface area contributed by atoms with Crippen LogP contribution >= 0.6 is 0 Å². The van der Waals surface area contributed by atoms with Crippen LogP contribution in [-0.2, 0) is 17.8 Å². The van der Waals surface area contributed by atoms with Crippen molar-refractivity contribution < 1.29 is 27.9 Å². The van der Waals surface area contributed by atoms with E-state index in [0.29, 0.717) is 5.69 Å². The Morgan fingerprint density at radius 2 is 1.79 bits per heavy atom. The molecule has 174 valence electrons. The molecule has 0 saturated heterocycles. The van der Waals surface area contributed by atoms with E-state index >= 15 is 0 Å². The molecule has 2 aromatic carbocycles. The molecule has 0 radical (unpaired) electrons. The summed E-state index contributed by atoms with van der Waals surface area (Å²) in [6.07, 6.45) is -4.10. The highest BCUT2D eigenvalue weighted by atomic mass is 19.4. The summed E-state index contributed by atoms with van der Waals surface area (Å²) in [6.45, 7) is 5.99. The summed E-state index contributed by atoms with van der Waals surface area (Å²) < 4.78 is 31.7. The highest BCUT2D eigenvalue weighted by Gasteiger charge is 2.38. The van der Waals surface area contributed by atoms with E-state index in [1.807, 2.05) is 12.1 Å². The van der Waals surface area contributed by atoms with Gasteiger partial charge in [-0.2, -0.15) is 18.3 Å². The molecule has 0 atom stereocenters. The fraction of sp³-hybridized carbons (Fsp3) is 0.261. The maximum absolute atomic E-state index is 12.6. The maximum Gasteiger partial charge on any atom is 0.490 e. The SMILES string of the molecule is Cc1ccc(-c2cc(C(=O)Nc3ccc4c(c3)CCNC4)[nH]n2)c(C)c1.O=C(O)C(F)(F)F. The summed E-state index contributed by atoms with van der Waals surface area (Å²) in [6, 6.07) is 14.1. The van der Waals surface area contributed by atoms with Crippen LogP contribution < -0.4 is 10.6 Å². The monoisotopic (exact) mass is 460 g/mol. The average molecular weight is 460 g/mol. The molecular weight excluding hydrogens is 437 g/mol. The number of H-pyrrole nitrogens is 1. The molecule has 0 bridgehead atoms. The molecule has 10 heteroatoms. The molecule has 0 aliphatic carbocycles. The van der Waals surface area contributed by atoms with Crippen LogP contribution in [0.1, 0.15) is 32.7 Å². The number of hydrogen-bond donors (Lipinski definition) is 4. The van der Waals surface area contributed by atoms with Crippen LogP contribution in [0.5, 0.6) is 0 Å². The van der Waals surface area contributed by atoms with Crippen molar-refractivity contribution in [3.8, 4) is 11.3 Å². The van der Waals surface area contributed by atoms with E-state index in [4.69, 9.17) is 9.90 Å². The number of nitrogens with one attached hydrogen (secondary N) is 3. The Bertz CT molecular complexity index is 1170.